The molecule has 1 aromatic carbocycles. The highest BCUT2D eigenvalue weighted by Crippen LogP contribution is 2.50. The smallest absolute Gasteiger partial charge is 0.410 e. The summed E-state index contributed by atoms with van der Waals surface area (Å²) in [6, 6.07) is 8.20. The lowest BCUT2D eigenvalue weighted by Gasteiger charge is -2.46. The van der Waals surface area contributed by atoms with Crippen LogP contribution in [0.1, 0.15) is 45.6 Å². The summed E-state index contributed by atoms with van der Waals surface area (Å²) >= 11 is 0. The van der Waals surface area contributed by atoms with Gasteiger partial charge in [0, 0.05) is 18.5 Å². The Hall–Kier alpha value is -1.71. The van der Waals surface area contributed by atoms with Gasteiger partial charge in [0.2, 0.25) is 0 Å². The molecule has 126 valence electrons. The van der Waals surface area contributed by atoms with Crippen molar-refractivity contribution in [1.82, 2.24) is 4.90 Å². The Labute approximate surface area is 138 Å². The predicted molar refractivity (Wildman–Crippen MR) is 89.7 cm³/mol. The van der Waals surface area contributed by atoms with Gasteiger partial charge in [-0.1, -0.05) is 17.7 Å². The second-order valence-corrected chi connectivity index (χ2v) is 7.97. The van der Waals surface area contributed by atoms with E-state index in [2.05, 4.69) is 19.1 Å². The SMILES string of the molecule is Cc1ccc(OC2CCC23CCN(C(=O)OC(C)(C)C)C3)cc1. The van der Waals surface area contributed by atoms with E-state index in [0.29, 0.717) is 0 Å². The van der Waals surface area contributed by atoms with Crippen LogP contribution in [0.15, 0.2) is 24.3 Å². The summed E-state index contributed by atoms with van der Waals surface area (Å²) in [7, 11) is 0. The van der Waals surface area contributed by atoms with Crippen LogP contribution in [0.4, 0.5) is 4.79 Å². The number of likely N-dealkylation sites (tertiary alicyclic amines) is 1. The zero-order valence-electron chi connectivity index (χ0n) is 14.6. The molecule has 1 saturated heterocycles. The van der Waals surface area contributed by atoms with Crippen molar-refractivity contribution in [2.45, 2.75) is 58.7 Å². The number of amides is 1. The summed E-state index contributed by atoms with van der Waals surface area (Å²) in [4.78, 5) is 14.1. The fraction of sp³-hybridized carbons (Fsp3) is 0.632. The summed E-state index contributed by atoms with van der Waals surface area (Å²) in [5.74, 6) is 0.926. The number of benzene rings is 1. The normalized spacial score (nSPS) is 27.0. The van der Waals surface area contributed by atoms with Crippen LogP contribution in [0.5, 0.6) is 5.75 Å². The van der Waals surface area contributed by atoms with Gasteiger partial charge >= 0.3 is 6.09 Å². The quantitative estimate of drug-likeness (QED) is 0.822. The Morgan fingerprint density at radius 2 is 1.91 bits per heavy atom. The Morgan fingerprint density at radius 3 is 2.48 bits per heavy atom. The molecular weight excluding hydrogens is 290 g/mol. The zero-order chi connectivity index (χ0) is 16.7. The van der Waals surface area contributed by atoms with E-state index in [9.17, 15) is 4.79 Å². The molecule has 1 aliphatic heterocycles. The first-order valence-electron chi connectivity index (χ1n) is 8.49. The number of carbonyl (C=O) groups excluding carboxylic acids is 1. The van der Waals surface area contributed by atoms with Crippen LogP contribution < -0.4 is 4.74 Å². The molecule has 1 aliphatic carbocycles. The lowest BCUT2D eigenvalue weighted by molar-refractivity contribution is -0.0401. The number of aryl methyl sites for hydroxylation is 1. The lowest BCUT2D eigenvalue weighted by atomic mass is 9.65. The maximum atomic E-state index is 12.3. The van der Waals surface area contributed by atoms with Crippen molar-refractivity contribution in [2.24, 2.45) is 5.41 Å². The minimum Gasteiger partial charge on any atom is -0.490 e. The Kier molecular flexibility index (Phi) is 4.03. The van der Waals surface area contributed by atoms with Gasteiger partial charge in [0.05, 0.1) is 0 Å². The van der Waals surface area contributed by atoms with Crippen LogP contribution in [0.2, 0.25) is 0 Å². The number of hydrogen-bond acceptors (Lipinski definition) is 3. The van der Waals surface area contributed by atoms with Gasteiger partial charge in [-0.3, -0.25) is 0 Å². The first kappa shape index (κ1) is 16.2. The van der Waals surface area contributed by atoms with Gasteiger partial charge in [-0.2, -0.15) is 0 Å². The van der Waals surface area contributed by atoms with Gasteiger partial charge in [-0.25, -0.2) is 4.79 Å². The highest BCUT2D eigenvalue weighted by Gasteiger charge is 2.53. The summed E-state index contributed by atoms with van der Waals surface area (Å²) in [5.41, 5.74) is 0.907. The second-order valence-electron chi connectivity index (χ2n) is 7.97. The van der Waals surface area contributed by atoms with E-state index in [1.54, 1.807) is 0 Å². The molecule has 0 N–H and O–H groups in total. The van der Waals surface area contributed by atoms with Gasteiger partial charge in [-0.15, -0.1) is 0 Å². The fourth-order valence-electron chi connectivity index (χ4n) is 3.48. The molecule has 2 atom stereocenters. The van der Waals surface area contributed by atoms with E-state index >= 15 is 0 Å². The molecule has 2 fully saturated rings. The van der Waals surface area contributed by atoms with Crippen molar-refractivity contribution >= 4 is 6.09 Å². The molecule has 1 heterocycles. The van der Waals surface area contributed by atoms with Gasteiger partial charge in [0.15, 0.2) is 0 Å². The third-order valence-electron chi connectivity index (χ3n) is 4.92. The van der Waals surface area contributed by atoms with Crippen LogP contribution in [-0.4, -0.2) is 35.8 Å². The van der Waals surface area contributed by atoms with Crippen molar-refractivity contribution in [3.63, 3.8) is 0 Å². The van der Waals surface area contributed by atoms with Crippen molar-refractivity contribution < 1.29 is 14.3 Å². The fourth-order valence-corrected chi connectivity index (χ4v) is 3.48. The molecule has 1 saturated carbocycles. The number of ether oxygens (including phenoxy) is 2. The van der Waals surface area contributed by atoms with Crippen LogP contribution >= 0.6 is 0 Å². The molecule has 0 radical (unpaired) electrons. The molecule has 23 heavy (non-hydrogen) atoms. The Morgan fingerprint density at radius 1 is 1.22 bits per heavy atom. The number of nitrogens with zero attached hydrogens (tertiary/aromatic N) is 1. The molecule has 3 rings (SSSR count). The monoisotopic (exact) mass is 317 g/mol. The molecule has 1 amide bonds. The number of carbonyl (C=O) groups is 1. The van der Waals surface area contributed by atoms with E-state index in [0.717, 1.165) is 38.1 Å². The molecule has 4 nitrogen and oxygen atoms in total. The Bertz CT molecular complexity index is 575. The van der Waals surface area contributed by atoms with Crippen molar-refractivity contribution in [3.05, 3.63) is 29.8 Å². The average Bonchev–Trinajstić information content (AvgIpc) is 2.91. The summed E-state index contributed by atoms with van der Waals surface area (Å²) in [5, 5.41) is 0. The van der Waals surface area contributed by atoms with E-state index in [1.807, 2.05) is 37.8 Å². The summed E-state index contributed by atoms with van der Waals surface area (Å²) < 4.78 is 11.7. The van der Waals surface area contributed by atoms with Crippen molar-refractivity contribution in [2.75, 3.05) is 13.1 Å². The number of rotatable bonds is 2. The van der Waals surface area contributed by atoms with Gasteiger partial charge in [-0.05, 0) is 59.1 Å². The van der Waals surface area contributed by atoms with Crippen molar-refractivity contribution in [1.29, 1.82) is 0 Å². The van der Waals surface area contributed by atoms with Gasteiger partial charge in [0.1, 0.15) is 17.5 Å². The standard InChI is InChI=1S/C19H27NO3/c1-14-5-7-15(8-6-14)22-16-9-10-19(16)11-12-20(13-19)17(21)23-18(2,3)4/h5-8,16H,9-13H2,1-4H3. The second kappa shape index (κ2) is 5.73. The van der Waals surface area contributed by atoms with E-state index in [-0.39, 0.29) is 17.6 Å². The molecule has 2 aliphatic rings. The topological polar surface area (TPSA) is 38.8 Å². The largest absolute Gasteiger partial charge is 0.490 e. The minimum atomic E-state index is -0.440. The molecule has 1 spiro atoms. The van der Waals surface area contributed by atoms with Gasteiger partial charge in [0.25, 0.3) is 0 Å². The number of hydrogen-bond donors (Lipinski definition) is 0. The molecule has 2 unspecified atom stereocenters. The van der Waals surface area contributed by atoms with Crippen LogP contribution in [-0.2, 0) is 4.74 Å². The predicted octanol–water partition coefficient (Wildman–Crippen LogP) is 4.16. The minimum absolute atomic E-state index is 0.113. The summed E-state index contributed by atoms with van der Waals surface area (Å²) in [6.07, 6.45) is 3.20. The third kappa shape index (κ3) is 3.46. The maximum absolute atomic E-state index is 12.3. The maximum Gasteiger partial charge on any atom is 0.410 e. The summed E-state index contributed by atoms with van der Waals surface area (Å²) in [6.45, 7) is 9.31. The van der Waals surface area contributed by atoms with Crippen LogP contribution in [0.3, 0.4) is 0 Å². The Balaban J connectivity index is 1.60. The van der Waals surface area contributed by atoms with Gasteiger partial charge < -0.3 is 14.4 Å². The molecule has 1 aromatic rings. The molecule has 4 heteroatoms. The van der Waals surface area contributed by atoms with Crippen LogP contribution in [0.25, 0.3) is 0 Å². The lowest BCUT2D eigenvalue weighted by Crippen LogP contribution is -2.50. The molecule has 0 bridgehead atoms. The van der Waals surface area contributed by atoms with E-state index in [4.69, 9.17) is 9.47 Å². The van der Waals surface area contributed by atoms with E-state index in [1.165, 1.54) is 5.56 Å². The highest BCUT2D eigenvalue weighted by atomic mass is 16.6. The molecular formula is C19H27NO3. The molecule has 0 aromatic heterocycles. The first-order valence-corrected chi connectivity index (χ1v) is 8.49. The van der Waals surface area contributed by atoms with E-state index < -0.39 is 5.60 Å². The third-order valence-corrected chi connectivity index (χ3v) is 4.92. The highest BCUT2D eigenvalue weighted by molar-refractivity contribution is 5.68. The van der Waals surface area contributed by atoms with Crippen molar-refractivity contribution in [3.8, 4) is 5.75 Å². The zero-order valence-corrected chi connectivity index (χ0v) is 14.6. The average molecular weight is 317 g/mol. The first-order chi connectivity index (χ1) is 10.8. The van der Waals surface area contributed by atoms with Crippen LogP contribution in [0, 0.1) is 12.3 Å².